The van der Waals surface area contributed by atoms with Crippen LogP contribution in [0.25, 0.3) is 11.4 Å². The van der Waals surface area contributed by atoms with Gasteiger partial charge in [0.15, 0.2) is 0 Å². The van der Waals surface area contributed by atoms with Gasteiger partial charge in [-0.3, -0.25) is 14.5 Å². The monoisotopic (exact) mass is 284 g/mol. The van der Waals surface area contributed by atoms with Gasteiger partial charge in [-0.25, -0.2) is 0 Å². The number of aromatic nitrogens is 3. The molecule has 0 unspecified atom stereocenters. The fourth-order valence-electron chi connectivity index (χ4n) is 2.95. The smallest absolute Gasteiger partial charge is 0.219 e. The zero-order chi connectivity index (χ0) is 14.8. The van der Waals surface area contributed by atoms with E-state index in [2.05, 4.69) is 11.2 Å². The van der Waals surface area contributed by atoms with Gasteiger partial charge in [0.1, 0.15) is 0 Å². The number of aryl methyl sites for hydroxylation is 1. The van der Waals surface area contributed by atoms with Crippen LogP contribution in [0.15, 0.2) is 30.5 Å². The average molecular weight is 284 g/mol. The van der Waals surface area contributed by atoms with Crippen molar-refractivity contribution in [2.45, 2.75) is 25.7 Å². The van der Waals surface area contributed by atoms with Crippen LogP contribution in [0.5, 0.6) is 0 Å². The number of pyridine rings is 1. The summed E-state index contributed by atoms with van der Waals surface area (Å²) in [6.45, 7) is 3.28. The maximum Gasteiger partial charge on any atom is 0.219 e. The first-order valence-electron chi connectivity index (χ1n) is 7.36. The van der Waals surface area contributed by atoms with E-state index in [1.807, 2.05) is 34.8 Å². The van der Waals surface area contributed by atoms with Gasteiger partial charge in [0.25, 0.3) is 0 Å². The summed E-state index contributed by atoms with van der Waals surface area (Å²) in [5.41, 5.74) is 3.02. The molecule has 0 bridgehead atoms. The maximum absolute atomic E-state index is 11.6. The minimum absolute atomic E-state index is 0.155. The molecule has 3 rings (SSSR count). The highest BCUT2D eigenvalue weighted by Gasteiger charge is 2.24. The van der Waals surface area contributed by atoms with Gasteiger partial charge in [-0.2, -0.15) is 5.10 Å². The molecule has 0 spiro atoms. The maximum atomic E-state index is 11.6. The second-order valence-electron chi connectivity index (χ2n) is 5.59. The summed E-state index contributed by atoms with van der Waals surface area (Å²) in [4.78, 5) is 18.3. The summed E-state index contributed by atoms with van der Waals surface area (Å²) >= 11 is 0. The fraction of sp³-hybridized carbons (Fsp3) is 0.438. The normalized spacial score (nSPS) is 18.8. The Morgan fingerprint density at radius 3 is 2.90 bits per heavy atom. The third-order valence-corrected chi connectivity index (χ3v) is 4.14. The molecule has 0 radical (unpaired) electrons. The number of rotatable bonds is 2. The van der Waals surface area contributed by atoms with E-state index in [1.54, 1.807) is 13.1 Å². The van der Waals surface area contributed by atoms with E-state index in [1.165, 1.54) is 0 Å². The minimum Gasteiger partial charge on any atom is -0.342 e. The van der Waals surface area contributed by atoms with Gasteiger partial charge in [-0.1, -0.05) is 6.07 Å². The molecule has 1 atom stereocenters. The Hall–Kier alpha value is -2.17. The van der Waals surface area contributed by atoms with Crippen LogP contribution in [-0.2, 0) is 11.8 Å². The highest BCUT2D eigenvalue weighted by molar-refractivity contribution is 5.73. The molecule has 5 heteroatoms. The molecule has 1 aliphatic rings. The molecule has 0 aromatic carbocycles. The summed E-state index contributed by atoms with van der Waals surface area (Å²) in [5.74, 6) is 0.485. The molecular formula is C16H20N4O. The minimum atomic E-state index is 0.155. The molecule has 1 fully saturated rings. The number of hydrogen-bond donors (Lipinski definition) is 0. The molecule has 21 heavy (non-hydrogen) atoms. The first-order chi connectivity index (χ1) is 10.1. The topological polar surface area (TPSA) is 51.0 Å². The molecule has 0 aliphatic carbocycles. The Morgan fingerprint density at radius 2 is 2.19 bits per heavy atom. The summed E-state index contributed by atoms with van der Waals surface area (Å²) in [5, 5.41) is 4.19. The Morgan fingerprint density at radius 1 is 1.33 bits per heavy atom. The molecule has 1 amide bonds. The lowest BCUT2D eigenvalue weighted by atomic mass is 9.94. The zero-order valence-electron chi connectivity index (χ0n) is 12.5. The first kappa shape index (κ1) is 13.8. The van der Waals surface area contributed by atoms with Crippen molar-refractivity contribution in [2.75, 3.05) is 13.1 Å². The molecule has 0 saturated carbocycles. The Labute approximate surface area is 124 Å². The lowest BCUT2D eigenvalue weighted by molar-refractivity contribution is -0.130. The van der Waals surface area contributed by atoms with Crippen LogP contribution in [0.3, 0.4) is 0 Å². The van der Waals surface area contributed by atoms with Crippen LogP contribution in [-0.4, -0.2) is 38.7 Å². The Kier molecular flexibility index (Phi) is 3.73. The summed E-state index contributed by atoms with van der Waals surface area (Å²) < 4.78 is 1.83. The number of hydrogen-bond acceptors (Lipinski definition) is 3. The van der Waals surface area contributed by atoms with Crippen molar-refractivity contribution < 1.29 is 4.79 Å². The third kappa shape index (κ3) is 2.82. The van der Waals surface area contributed by atoms with Gasteiger partial charge in [0.2, 0.25) is 5.91 Å². The van der Waals surface area contributed by atoms with Gasteiger partial charge in [0.05, 0.1) is 11.4 Å². The second kappa shape index (κ2) is 5.68. The molecule has 5 nitrogen and oxygen atoms in total. The van der Waals surface area contributed by atoms with Crippen molar-refractivity contribution in [1.29, 1.82) is 0 Å². The summed E-state index contributed by atoms with van der Waals surface area (Å²) in [7, 11) is 1.92. The number of carbonyl (C=O) groups is 1. The second-order valence-corrected chi connectivity index (χ2v) is 5.59. The Balaban J connectivity index is 1.86. The standard InChI is InChI=1S/C16H20N4O/c1-12(21)20-10-4-5-13(11-20)14-6-3-7-15(18-14)16-8-9-17-19(16)2/h3,6-9,13H,4-5,10-11H2,1-2H3/t13-/m1/s1. The molecule has 3 heterocycles. The van der Waals surface area contributed by atoms with Crippen molar-refractivity contribution in [2.24, 2.45) is 7.05 Å². The molecular weight excluding hydrogens is 264 g/mol. The molecule has 2 aromatic heterocycles. The number of nitrogens with zero attached hydrogens (tertiary/aromatic N) is 4. The van der Waals surface area contributed by atoms with Crippen LogP contribution >= 0.6 is 0 Å². The number of likely N-dealkylation sites (tertiary alicyclic amines) is 1. The van der Waals surface area contributed by atoms with Crippen LogP contribution < -0.4 is 0 Å². The van der Waals surface area contributed by atoms with Crippen molar-refractivity contribution in [1.82, 2.24) is 19.7 Å². The van der Waals surface area contributed by atoms with Crippen LogP contribution in [0.2, 0.25) is 0 Å². The van der Waals surface area contributed by atoms with E-state index in [0.717, 1.165) is 43.0 Å². The number of carbonyl (C=O) groups excluding carboxylic acids is 1. The van der Waals surface area contributed by atoms with E-state index in [-0.39, 0.29) is 5.91 Å². The molecule has 1 saturated heterocycles. The molecule has 110 valence electrons. The molecule has 2 aromatic rings. The van der Waals surface area contributed by atoms with Crippen LogP contribution in [0, 0.1) is 0 Å². The average Bonchev–Trinajstić information content (AvgIpc) is 2.94. The van der Waals surface area contributed by atoms with E-state index < -0.39 is 0 Å². The van der Waals surface area contributed by atoms with Gasteiger partial charge >= 0.3 is 0 Å². The predicted octanol–water partition coefficient (Wildman–Crippen LogP) is 2.21. The van der Waals surface area contributed by atoms with Crippen molar-refractivity contribution in [3.8, 4) is 11.4 Å². The highest BCUT2D eigenvalue weighted by Crippen LogP contribution is 2.27. The quantitative estimate of drug-likeness (QED) is 0.849. The predicted molar refractivity (Wildman–Crippen MR) is 80.7 cm³/mol. The van der Waals surface area contributed by atoms with E-state index in [9.17, 15) is 4.79 Å². The van der Waals surface area contributed by atoms with Crippen molar-refractivity contribution >= 4 is 5.91 Å². The SMILES string of the molecule is CC(=O)N1CCC[C@@H](c2cccc(-c3ccnn3C)n2)C1. The van der Waals surface area contributed by atoms with Crippen LogP contribution in [0.4, 0.5) is 0 Å². The van der Waals surface area contributed by atoms with Crippen molar-refractivity contribution in [3.05, 3.63) is 36.2 Å². The number of amides is 1. The molecule has 0 N–H and O–H groups in total. The fourth-order valence-corrected chi connectivity index (χ4v) is 2.95. The van der Waals surface area contributed by atoms with Gasteiger partial charge < -0.3 is 4.90 Å². The lowest BCUT2D eigenvalue weighted by Crippen LogP contribution is -2.37. The lowest BCUT2D eigenvalue weighted by Gasteiger charge is -2.31. The van der Waals surface area contributed by atoms with Crippen molar-refractivity contribution in [3.63, 3.8) is 0 Å². The first-order valence-corrected chi connectivity index (χ1v) is 7.36. The summed E-state index contributed by atoms with van der Waals surface area (Å²) in [6, 6.07) is 8.08. The largest absolute Gasteiger partial charge is 0.342 e. The third-order valence-electron chi connectivity index (χ3n) is 4.14. The van der Waals surface area contributed by atoms with Crippen LogP contribution in [0.1, 0.15) is 31.4 Å². The Bertz CT molecular complexity index is 649. The van der Waals surface area contributed by atoms with Gasteiger partial charge in [-0.15, -0.1) is 0 Å². The van der Waals surface area contributed by atoms with Gasteiger partial charge in [0, 0.05) is 44.9 Å². The van der Waals surface area contributed by atoms with E-state index in [4.69, 9.17) is 4.98 Å². The van der Waals surface area contributed by atoms with Gasteiger partial charge in [-0.05, 0) is 31.0 Å². The van der Waals surface area contributed by atoms with E-state index >= 15 is 0 Å². The molecule has 1 aliphatic heterocycles. The van der Waals surface area contributed by atoms with E-state index in [0.29, 0.717) is 5.92 Å². The highest BCUT2D eigenvalue weighted by atomic mass is 16.2. The summed E-state index contributed by atoms with van der Waals surface area (Å²) in [6.07, 6.45) is 3.91. The zero-order valence-corrected chi connectivity index (χ0v) is 12.5. The number of piperidine rings is 1.